The van der Waals surface area contributed by atoms with Crippen molar-refractivity contribution in [2.24, 2.45) is 0 Å². The normalized spacial score (nSPS) is 11.0. The van der Waals surface area contributed by atoms with Crippen molar-refractivity contribution in [1.29, 1.82) is 0 Å². The van der Waals surface area contributed by atoms with E-state index in [1.54, 1.807) is 36.5 Å². The summed E-state index contributed by atoms with van der Waals surface area (Å²) in [6.07, 6.45) is 1.64. The van der Waals surface area contributed by atoms with Crippen LogP contribution < -0.4 is 15.5 Å². The Labute approximate surface area is 222 Å². The van der Waals surface area contributed by atoms with Crippen LogP contribution in [0.4, 0.5) is 11.4 Å². The van der Waals surface area contributed by atoms with Gasteiger partial charge in [-0.1, -0.05) is 29.3 Å². The SMILES string of the molecule is O=C(NO)c1ccc(S(=O)(=O)Nc2ccc(C(=O)Nc3ccc(Cl)c(-c4ccccn4)c3)c(Cl)c2)cc1. The number of aromatic nitrogens is 1. The number of amides is 2. The molecule has 4 aromatic rings. The first kappa shape index (κ1) is 26.1. The minimum atomic E-state index is -4.02. The van der Waals surface area contributed by atoms with E-state index >= 15 is 0 Å². The van der Waals surface area contributed by atoms with Crippen molar-refractivity contribution in [1.82, 2.24) is 10.5 Å². The highest BCUT2D eigenvalue weighted by molar-refractivity contribution is 7.92. The Morgan fingerprint density at radius 2 is 1.54 bits per heavy atom. The molecule has 0 spiro atoms. The highest BCUT2D eigenvalue weighted by Gasteiger charge is 2.18. The molecule has 2 amide bonds. The summed E-state index contributed by atoms with van der Waals surface area (Å²) >= 11 is 12.6. The summed E-state index contributed by atoms with van der Waals surface area (Å²) in [4.78, 5) is 28.4. The summed E-state index contributed by atoms with van der Waals surface area (Å²) in [6, 6.07) is 19.4. The molecule has 3 aromatic carbocycles. The summed E-state index contributed by atoms with van der Waals surface area (Å²) in [5.74, 6) is -1.28. The highest BCUT2D eigenvalue weighted by Crippen LogP contribution is 2.30. The number of rotatable bonds is 7. The number of hydrogen-bond acceptors (Lipinski definition) is 6. The van der Waals surface area contributed by atoms with Crippen LogP contribution in [0, 0.1) is 0 Å². The van der Waals surface area contributed by atoms with Crippen LogP contribution in [0.1, 0.15) is 20.7 Å². The first-order valence-electron chi connectivity index (χ1n) is 10.6. The van der Waals surface area contributed by atoms with E-state index in [0.717, 1.165) is 0 Å². The lowest BCUT2D eigenvalue weighted by atomic mass is 10.1. The lowest BCUT2D eigenvalue weighted by Gasteiger charge is -2.12. The fraction of sp³-hybridized carbons (Fsp3) is 0. The maximum Gasteiger partial charge on any atom is 0.274 e. The van der Waals surface area contributed by atoms with Gasteiger partial charge < -0.3 is 5.32 Å². The van der Waals surface area contributed by atoms with Crippen molar-refractivity contribution in [3.8, 4) is 11.3 Å². The summed E-state index contributed by atoms with van der Waals surface area (Å²) in [6.45, 7) is 0. The van der Waals surface area contributed by atoms with E-state index < -0.39 is 21.8 Å². The fourth-order valence-corrected chi connectivity index (χ4v) is 4.88. The van der Waals surface area contributed by atoms with Crippen LogP contribution in [0.5, 0.6) is 0 Å². The standard InChI is InChI=1S/C25H18Cl2N4O5S/c26-21-11-7-16(13-20(21)23-3-1-2-12-28-23)29-25(33)19-10-6-17(14-22(19)27)31-37(35,36)18-8-4-15(5-9-18)24(32)30-34/h1-14,31,34H,(H,29,33)(H,30,32). The molecule has 0 saturated heterocycles. The molecule has 4 N–H and O–H groups in total. The average Bonchev–Trinajstić information content (AvgIpc) is 2.89. The monoisotopic (exact) mass is 556 g/mol. The lowest BCUT2D eigenvalue weighted by Crippen LogP contribution is -2.19. The predicted octanol–water partition coefficient (Wildman–Crippen LogP) is 5.23. The molecule has 0 fully saturated rings. The van der Waals surface area contributed by atoms with E-state index in [9.17, 15) is 18.0 Å². The lowest BCUT2D eigenvalue weighted by molar-refractivity contribution is 0.0706. The van der Waals surface area contributed by atoms with Crippen molar-refractivity contribution < 1.29 is 23.2 Å². The van der Waals surface area contributed by atoms with Crippen molar-refractivity contribution in [3.63, 3.8) is 0 Å². The summed E-state index contributed by atoms with van der Waals surface area (Å²) in [7, 11) is -4.02. The van der Waals surface area contributed by atoms with Crippen LogP contribution in [0.3, 0.4) is 0 Å². The Balaban J connectivity index is 1.50. The smallest absolute Gasteiger partial charge is 0.274 e. The van der Waals surface area contributed by atoms with Gasteiger partial charge in [-0.15, -0.1) is 0 Å². The van der Waals surface area contributed by atoms with Gasteiger partial charge in [0.1, 0.15) is 0 Å². The number of hydroxylamine groups is 1. The number of sulfonamides is 1. The Morgan fingerprint density at radius 3 is 2.19 bits per heavy atom. The number of carbonyl (C=O) groups is 2. The third-order valence-electron chi connectivity index (χ3n) is 5.16. The molecular formula is C25H18Cl2N4O5S. The second kappa shape index (κ2) is 11.0. The average molecular weight is 557 g/mol. The van der Waals surface area contributed by atoms with E-state index in [0.29, 0.717) is 22.0 Å². The Morgan fingerprint density at radius 1 is 0.811 bits per heavy atom. The topological polar surface area (TPSA) is 137 Å². The number of pyridine rings is 1. The maximum atomic E-state index is 12.9. The molecule has 0 saturated carbocycles. The van der Waals surface area contributed by atoms with Gasteiger partial charge in [-0.05, 0) is 72.8 Å². The van der Waals surface area contributed by atoms with Gasteiger partial charge in [-0.3, -0.25) is 24.5 Å². The summed E-state index contributed by atoms with van der Waals surface area (Å²) in [5, 5.41) is 11.9. The summed E-state index contributed by atoms with van der Waals surface area (Å²) in [5.41, 5.74) is 3.54. The zero-order valence-electron chi connectivity index (χ0n) is 18.8. The van der Waals surface area contributed by atoms with Crippen LogP contribution in [0.25, 0.3) is 11.3 Å². The third kappa shape index (κ3) is 6.07. The Kier molecular flexibility index (Phi) is 7.74. The molecule has 9 nitrogen and oxygen atoms in total. The second-order valence-electron chi connectivity index (χ2n) is 7.63. The number of nitrogens with zero attached hydrogens (tertiary/aromatic N) is 1. The van der Waals surface area contributed by atoms with Crippen molar-refractivity contribution in [2.75, 3.05) is 10.0 Å². The van der Waals surface area contributed by atoms with Gasteiger partial charge in [0.05, 0.1) is 31.9 Å². The first-order chi connectivity index (χ1) is 17.7. The van der Waals surface area contributed by atoms with Gasteiger partial charge in [0.15, 0.2) is 0 Å². The summed E-state index contributed by atoms with van der Waals surface area (Å²) < 4.78 is 27.8. The minimum absolute atomic E-state index is 0.0200. The number of halogens is 2. The van der Waals surface area contributed by atoms with Crippen LogP contribution in [0.15, 0.2) is 90.0 Å². The van der Waals surface area contributed by atoms with Gasteiger partial charge in [0, 0.05) is 23.0 Å². The second-order valence-corrected chi connectivity index (χ2v) is 10.1. The molecule has 0 bridgehead atoms. The molecule has 12 heteroatoms. The van der Waals surface area contributed by atoms with E-state index in [1.807, 2.05) is 6.07 Å². The van der Waals surface area contributed by atoms with Crippen LogP contribution in [-0.4, -0.2) is 30.4 Å². The number of carbonyl (C=O) groups excluding carboxylic acids is 2. The number of nitrogens with one attached hydrogen (secondary N) is 3. The van der Waals surface area contributed by atoms with Gasteiger partial charge >= 0.3 is 0 Å². The van der Waals surface area contributed by atoms with Gasteiger partial charge in [0.2, 0.25) is 0 Å². The molecule has 0 atom stereocenters. The van der Waals surface area contributed by atoms with Crippen molar-refractivity contribution in [3.05, 3.63) is 106 Å². The number of hydrogen-bond donors (Lipinski definition) is 4. The predicted molar refractivity (Wildman–Crippen MR) is 141 cm³/mol. The molecule has 188 valence electrons. The minimum Gasteiger partial charge on any atom is -0.322 e. The first-order valence-corrected chi connectivity index (χ1v) is 12.8. The van der Waals surface area contributed by atoms with Crippen molar-refractivity contribution in [2.45, 2.75) is 4.90 Å². The van der Waals surface area contributed by atoms with Crippen LogP contribution in [0.2, 0.25) is 10.0 Å². The fourth-order valence-electron chi connectivity index (χ4n) is 3.35. The highest BCUT2D eigenvalue weighted by atomic mass is 35.5. The van der Waals surface area contributed by atoms with E-state index in [2.05, 4.69) is 15.0 Å². The largest absolute Gasteiger partial charge is 0.322 e. The molecule has 1 aromatic heterocycles. The Hall–Kier alpha value is -3.96. The number of benzene rings is 3. The van der Waals surface area contributed by atoms with Crippen LogP contribution in [-0.2, 0) is 10.0 Å². The molecule has 0 aliphatic carbocycles. The zero-order chi connectivity index (χ0) is 26.6. The Bertz CT molecular complexity index is 1580. The molecule has 1 heterocycles. The quantitative estimate of drug-likeness (QED) is 0.182. The van der Waals surface area contributed by atoms with Gasteiger partial charge in [-0.25, -0.2) is 13.9 Å². The molecular weight excluding hydrogens is 539 g/mol. The van der Waals surface area contributed by atoms with Crippen LogP contribution >= 0.6 is 23.2 Å². The van der Waals surface area contributed by atoms with E-state index in [-0.39, 0.29) is 26.7 Å². The molecule has 0 aliphatic heterocycles. The van der Waals surface area contributed by atoms with E-state index in [1.165, 1.54) is 47.9 Å². The molecule has 0 aliphatic rings. The number of anilines is 2. The maximum absolute atomic E-state index is 12.9. The molecule has 0 radical (unpaired) electrons. The molecule has 0 unspecified atom stereocenters. The third-order valence-corrected chi connectivity index (χ3v) is 7.20. The van der Waals surface area contributed by atoms with E-state index in [4.69, 9.17) is 28.4 Å². The zero-order valence-corrected chi connectivity index (χ0v) is 21.1. The van der Waals surface area contributed by atoms with Crippen molar-refractivity contribution >= 4 is 56.4 Å². The van der Waals surface area contributed by atoms with Gasteiger partial charge in [0.25, 0.3) is 21.8 Å². The molecule has 37 heavy (non-hydrogen) atoms. The molecule has 4 rings (SSSR count). The van der Waals surface area contributed by atoms with Gasteiger partial charge in [-0.2, -0.15) is 0 Å².